The molecule has 2 aliphatic rings. The van der Waals surface area contributed by atoms with E-state index in [4.69, 9.17) is 33.0 Å². The van der Waals surface area contributed by atoms with Gasteiger partial charge in [-0.1, -0.05) is 36.0 Å². The van der Waals surface area contributed by atoms with E-state index in [0.29, 0.717) is 27.9 Å². The number of ether oxygens (including phenoxy) is 1. The minimum absolute atomic E-state index is 0.0452. The van der Waals surface area contributed by atoms with Gasteiger partial charge in [-0.3, -0.25) is 0 Å². The molecule has 6 heteroatoms. The molecule has 134 valence electrons. The van der Waals surface area contributed by atoms with E-state index in [2.05, 4.69) is 24.1 Å². The Kier molecular flexibility index (Phi) is 5.50. The molecule has 1 aliphatic carbocycles. The standard InChI is InChI=1S/C18H26Cl2N2O2/c1-18(2)11-22(16-6-4-3-5-15(16)21-18)12-9-13(19)17(14(20)10-12)24-8-7-23/h9-10,15-16,21,23H,3-8,11H2,1-2H3/t15-,16-/m0/s1. The maximum atomic E-state index is 8.93. The summed E-state index contributed by atoms with van der Waals surface area (Å²) in [7, 11) is 0. The molecule has 1 aromatic rings. The van der Waals surface area contributed by atoms with Gasteiger partial charge in [0.2, 0.25) is 0 Å². The monoisotopic (exact) mass is 372 g/mol. The first kappa shape index (κ1) is 18.1. The van der Waals surface area contributed by atoms with Gasteiger partial charge < -0.3 is 20.1 Å². The van der Waals surface area contributed by atoms with Gasteiger partial charge in [0.15, 0.2) is 5.75 Å². The highest BCUT2D eigenvalue weighted by molar-refractivity contribution is 6.37. The summed E-state index contributed by atoms with van der Waals surface area (Å²) in [5, 5.41) is 13.7. The first-order valence-corrected chi connectivity index (χ1v) is 9.44. The molecule has 24 heavy (non-hydrogen) atoms. The minimum atomic E-state index is -0.0653. The lowest BCUT2D eigenvalue weighted by molar-refractivity contribution is 0.198. The predicted molar refractivity (Wildman–Crippen MR) is 99.6 cm³/mol. The zero-order valence-corrected chi connectivity index (χ0v) is 15.8. The van der Waals surface area contributed by atoms with Crippen LogP contribution in [0.25, 0.3) is 0 Å². The number of aliphatic hydroxyl groups is 1. The zero-order chi connectivity index (χ0) is 17.3. The molecule has 0 bridgehead atoms. The van der Waals surface area contributed by atoms with Gasteiger partial charge >= 0.3 is 0 Å². The molecular weight excluding hydrogens is 347 g/mol. The molecule has 4 nitrogen and oxygen atoms in total. The summed E-state index contributed by atoms with van der Waals surface area (Å²) in [5.74, 6) is 0.450. The normalized spacial score (nSPS) is 26.1. The Bertz CT molecular complexity index is 571. The van der Waals surface area contributed by atoms with Crippen LogP contribution in [0.2, 0.25) is 10.0 Å². The SMILES string of the molecule is CC1(C)CN(c2cc(Cl)c(OCCO)c(Cl)c2)[C@H]2CCCC[C@@H]2N1. The van der Waals surface area contributed by atoms with Crippen LogP contribution in [0.4, 0.5) is 5.69 Å². The third-order valence-electron chi connectivity index (χ3n) is 4.92. The van der Waals surface area contributed by atoms with Crippen molar-refractivity contribution in [3.8, 4) is 5.75 Å². The van der Waals surface area contributed by atoms with E-state index in [-0.39, 0.29) is 18.8 Å². The quantitative estimate of drug-likeness (QED) is 0.841. The third-order valence-corrected chi connectivity index (χ3v) is 5.49. The number of hydrogen-bond acceptors (Lipinski definition) is 4. The van der Waals surface area contributed by atoms with Crippen LogP contribution < -0.4 is 15.0 Å². The van der Waals surface area contributed by atoms with Crippen molar-refractivity contribution in [2.45, 2.75) is 57.2 Å². The Balaban J connectivity index is 1.91. The summed E-state index contributed by atoms with van der Waals surface area (Å²) >= 11 is 12.8. The average molecular weight is 373 g/mol. The Morgan fingerprint density at radius 3 is 2.58 bits per heavy atom. The van der Waals surface area contributed by atoms with Crippen LogP contribution in [0.5, 0.6) is 5.75 Å². The van der Waals surface area contributed by atoms with Crippen molar-refractivity contribution in [2.24, 2.45) is 0 Å². The number of aliphatic hydroxyl groups excluding tert-OH is 1. The second-order valence-corrected chi connectivity index (χ2v) is 8.24. The second kappa shape index (κ2) is 7.28. The van der Waals surface area contributed by atoms with E-state index in [1.54, 1.807) is 0 Å². The molecule has 3 rings (SSSR count). The Morgan fingerprint density at radius 2 is 1.92 bits per heavy atom. The number of hydrogen-bond donors (Lipinski definition) is 2. The van der Waals surface area contributed by atoms with Gasteiger partial charge in [-0.15, -0.1) is 0 Å². The Labute approximate surface area is 154 Å². The smallest absolute Gasteiger partial charge is 0.156 e. The highest BCUT2D eigenvalue weighted by Crippen LogP contribution is 2.40. The summed E-state index contributed by atoms with van der Waals surface area (Å²) in [6.45, 7) is 5.52. The van der Waals surface area contributed by atoms with Gasteiger partial charge in [-0.05, 0) is 38.8 Å². The molecule has 0 aromatic heterocycles. The van der Waals surface area contributed by atoms with Crippen molar-refractivity contribution in [3.63, 3.8) is 0 Å². The minimum Gasteiger partial charge on any atom is -0.488 e. The molecule has 1 heterocycles. The summed E-state index contributed by atoms with van der Waals surface area (Å²) in [4.78, 5) is 2.45. The van der Waals surface area contributed by atoms with Crippen molar-refractivity contribution in [3.05, 3.63) is 22.2 Å². The van der Waals surface area contributed by atoms with E-state index >= 15 is 0 Å². The molecular formula is C18H26Cl2N2O2. The highest BCUT2D eigenvalue weighted by atomic mass is 35.5. The van der Waals surface area contributed by atoms with Crippen molar-refractivity contribution in [1.29, 1.82) is 0 Å². The second-order valence-electron chi connectivity index (χ2n) is 7.43. The van der Waals surface area contributed by atoms with Crippen LogP contribution in [0.15, 0.2) is 12.1 Å². The Hall–Kier alpha value is -0.680. The van der Waals surface area contributed by atoms with Crippen LogP contribution >= 0.6 is 23.2 Å². The molecule has 1 aromatic carbocycles. The van der Waals surface area contributed by atoms with Crippen LogP contribution in [0.1, 0.15) is 39.5 Å². The fourth-order valence-electron chi connectivity index (χ4n) is 4.02. The van der Waals surface area contributed by atoms with E-state index in [1.165, 1.54) is 25.7 Å². The Morgan fingerprint density at radius 1 is 1.25 bits per heavy atom. The molecule has 0 radical (unpaired) electrons. The highest BCUT2D eigenvalue weighted by Gasteiger charge is 2.40. The largest absolute Gasteiger partial charge is 0.488 e. The number of piperazine rings is 1. The molecule has 1 saturated heterocycles. The number of nitrogens with zero attached hydrogens (tertiary/aromatic N) is 1. The number of halogens is 2. The van der Waals surface area contributed by atoms with E-state index in [1.807, 2.05) is 12.1 Å². The van der Waals surface area contributed by atoms with Gasteiger partial charge in [-0.25, -0.2) is 0 Å². The van der Waals surface area contributed by atoms with Crippen molar-refractivity contribution >= 4 is 28.9 Å². The van der Waals surface area contributed by atoms with E-state index in [0.717, 1.165) is 12.2 Å². The van der Waals surface area contributed by atoms with Crippen LogP contribution in [0, 0.1) is 0 Å². The lowest BCUT2D eigenvalue weighted by Crippen LogP contribution is -2.67. The summed E-state index contributed by atoms with van der Waals surface area (Å²) < 4.78 is 5.46. The van der Waals surface area contributed by atoms with E-state index in [9.17, 15) is 0 Å². The lowest BCUT2D eigenvalue weighted by atomic mass is 9.83. The number of benzene rings is 1. The molecule has 1 saturated carbocycles. The number of fused-ring (bicyclic) bond motifs is 1. The topological polar surface area (TPSA) is 44.7 Å². The number of rotatable bonds is 4. The zero-order valence-electron chi connectivity index (χ0n) is 14.3. The molecule has 2 atom stereocenters. The molecule has 0 unspecified atom stereocenters. The number of anilines is 1. The maximum absolute atomic E-state index is 8.93. The van der Waals surface area contributed by atoms with Crippen molar-refractivity contribution < 1.29 is 9.84 Å². The molecule has 0 spiro atoms. The summed E-state index contributed by atoms with van der Waals surface area (Å²) in [5.41, 5.74) is 1.09. The van der Waals surface area contributed by atoms with Crippen LogP contribution in [0.3, 0.4) is 0 Å². The molecule has 1 aliphatic heterocycles. The fraction of sp³-hybridized carbons (Fsp3) is 0.667. The molecule has 0 amide bonds. The van der Waals surface area contributed by atoms with Crippen molar-refractivity contribution in [1.82, 2.24) is 5.32 Å². The first-order chi connectivity index (χ1) is 11.4. The van der Waals surface area contributed by atoms with E-state index < -0.39 is 0 Å². The maximum Gasteiger partial charge on any atom is 0.156 e. The summed E-state index contributed by atoms with van der Waals surface area (Å²) in [6.07, 6.45) is 4.95. The van der Waals surface area contributed by atoms with Gasteiger partial charge in [0.25, 0.3) is 0 Å². The lowest BCUT2D eigenvalue weighted by Gasteiger charge is -2.52. The van der Waals surface area contributed by atoms with Crippen LogP contribution in [-0.4, -0.2) is 42.5 Å². The number of nitrogens with one attached hydrogen (secondary N) is 1. The van der Waals surface area contributed by atoms with Gasteiger partial charge in [0, 0.05) is 29.9 Å². The van der Waals surface area contributed by atoms with Crippen molar-refractivity contribution in [2.75, 3.05) is 24.7 Å². The molecule has 2 N–H and O–H groups in total. The fourth-order valence-corrected chi connectivity index (χ4v) is 4.61. The first-order valence-electron chi connectivity index (χ1n) is 8.68. The average Bonchev–Trinajstić information content (AvgIpc) is 2.52. The third kappa shape index (κ3) is 3.77. The predicted octanol–water partition coefficient (Wildman–Crippen LogP) is 3.86. The van der Waals surface area contributed by atoms with Gasteiger partial charge in [-0.2, -0.15) is 0 Å². The molecule has 2 fully saturated rings. The van der Waals surface area contributed by atoms with Gasteiger partial charge in [0.1, 0.15) is 6.61 Å². The summed E-state index contributed by atoms with van der Waals surface area (Å²) in [6, 6.07) is 4.86. The van der Waals surface area contributed by atoms with Gasteiger partial charge in [0.05, 0.1) is 16.7 Å². The van der Waals surface area contributed by atoms with Crippen LogP contribution in [-0.2, 0) is 0 Å².